The number of carbonyl (C=O) groups excluding carboxylic acids is 1. The molecule has 0 N–H and O–H groups in total. The van der Waals surface area contributed by atoms with Crippen molar-refractivity contribution in [2.24, 2.45) is 0 Å². The van der Waals surface area contributed by atoms with Crippen molar-refractivity contribution in [1.29, 1.82) is 0 Å². The van der Waals surface area contributed by atoms with Gasteiger partial charge in [0, 0.05) is 12.0 Å². The Bertz CT molecular complexity index is 1150. The van der Waals surface area contributed by atoms with Gasteiger partial charge in [-0.15, -0.1) is 5.10 Å². The molecule has 1 aromatic heterocycles. The molecule has 0 saturated carbocycles. The van der Waals surface area contributed by atoms with Crippen LogP contribution >= 0.6 is 0 Å². The summed E-state index contributed by atoms with van der Waals surface area (Å²) >= 11 is 0. The van der Waals surface area contributed by atoms with Crippen LogP contribution in [0.1, 0.15) is 39.7 Å². The second kappa shape index (κ2) is 9.62. The van der Waals surface area contributed by atoms with Crippen molar-refractivity contribution in [2.45, 2.75) is 75.6 Å². The number of nitrogens with zero attached hydrogens (tertiary/aromatic N) is 3. The maximum absolute atomic E-state index is 13.9. The van der Waals surface area contributed by atoms with Gasteiger partial charge in [-0.3, -0.25) is 0 Å². The lowest BCUT2D eigenvalue weighted by Crippen LogP contribution is -2.67. The molecule has 202 valence electrons. The predicted molar refractivity (Wildman–Crippen MR) is 118 cm³/mol. The number of aromatic nitrogens is 3. The first-order valence-corrected chi connectivity index (χ1v) is 12.0. The monoisotopic (exact) mass is 527 g/mol. The molecule has 0 aliphatic carbocycles. The van der Waals surface area contributed by atoms with Crippen LogP contribution in [0.2, 0.25) is 0 Å². The molecule has 6 atom stereocenters. The number of methoxy groups -OCH3 is 1. The van der Waals surface area contributed by atoms with Gasteiger partial charge >= 0.3 is 5.97 Å². The van der Waals surface area contributed by atoms with Crippen LogP contribution in [0.4, 0.5) is 13.2 Å². The number of hydrogen-bond donors (Lipinski definition) is 0. The molecule has 37 heavy (non-hydrogen) atoms. The van der Waals surface area contributed by atoms with Gasteiger partial charge in [0.05, 0.1) is 26.5 Å². The van der Waals surface area contributed by atoms with E-state index in [1.807, 2.05) is 0 Å². The van der Waals surface area contributed by atoms with Crippen molar-refractivity contribution in [3.8, 4) is 11.3 Å². The smallest absolute Gasteiger partial charge is 0.334 e. The molecule has 0 radical (unpaired) electrons. The Morgan fingerprint density at radius 3 is 2.57 bits per heavy atom. The fourth-order valence-corrected chi connectivity index (χ4v) is 5.09. The quantitative estimate of drug-likeness (QED) is 0.429. The van der Waals surface area contributed by atoms with Gasteiger partial charge in [-0.1, -0.05) is 5.21 Å². The Morgan fingerprint density at radius 1 is 1.19 bits per heavy atom. The molecule has 2 aromatic rings. The summed E-state index contributed by atoms with van der Waals surface area (Å²) in [6.07, 6.45) is -0.592. The minimum Gasteiger partial charge on any atom is -0.467 e. The van der Waals surface area contributed by atoms with E-state index in [0.29, 0.717) is 19.4 Å². The Labute approximate surface area is 210 Å². The number of hydrogen-bond acceptors (Lipinski definition) is 9. The van der Waals surface area contributed by atoms with Gasteiger partial charge in [-0.25, -0.2) is 22.6 Å². The summed E-state index contributed by atoms with van der Waals surface area (Å²) in [5, 5.41) is 8.28. The van der Waals surface area contributed by atoms with Gasteiger partial charge in [-0.05, 0) is 39.3 Å². The van der Waals surface area contributed by atoms with Crippen LogP contribution in [0.3, 0.4) is 0 Å². The topological polar surface area (TPSA) is 103 Å². The van der Waals surface area contributed by atoms with Crippen LogP contribution in [0.15, 0.2) is 18.3 Å². The minimum absolute atomic E-state index is 0.00767. The lowest BCUT2D eigenvalue weighted by Gasteiger charge is -2.54. The van der Waals surface area contributed by atoms with Crippen molar-refractivity contribution in [3.05, 3.63) is 35.8 Å². The highest BCUT2D eigenvalue weighted by Gasteiger charge is 2.62. The maximum atomic E-state index is 13.9. The molecule has 1 spiro atoms. The zero-order valence-electron chi connectivity index (χ0n) is 20.8. The summed E-state index contributed by atoms with van der Waals surface area (Å²) in [6, 6.07) is 0.911. The number of rotatable bonds is 5. The van der Waals surface area contributed by atoms with Crippen LogP contribution in [0.5, 0.6) is 0 Å². The second-order valence-corrected chi connectivity index (χ2v) is 9.76. The Morgan fingerprint density at radius 2 is 1.92 bits per heavy atom. The number of halogens is 3. The van der Waals surface area contributed by atoms with Crippen molar-refractivity contribution >= 4 is 5.97 Å². The van der Waals surface area contributed by atoms with Crippen molar-refractivity contribution in [1.82, 2.24) is 15.0 Å². The van der Waals surface area contributed by atoms with E-state index in [2.05, 4.69) is 10.3 Å². The van der Waals surface area contributed by atoms with Crippen molar-refractivity contribution in [2.75, 3.05) is 20.3 Å². The third-order valence-corrected chi connectivity index (χ3v) is 6.81. The molecular weight excluding hydrogens is 499 g/mol. The molecule has 13 heteroatoms. The molecule has 4 heterocycles. The Balaban J connectivity index is 1.59. The van der Waals surface area contributed by atoms with Gasteiger partial charge in [0.1, 0.15) is 30.0 Å². The summed E-state index contributed by atoms with van der Waals surface area (Å²) < 4.78 is 78.4. The van der Waals surface area contributed by atoms with Crippen LogP contribution in [0.25, 0.3) is 11.3 Å². The number of ether oxygens (including phenoxy) is 6. The lowest BCUT2D eigenvalue weighted by atomic mass is 9.87. The van der Waals surface area contributed by atoms with E-state index in [9.17, 15) is 18.0 Å². The van der Waals surface area contributed by atoms with Crippen LogP contribution in [0, 0.1) is 17.5 Å². The molecule has 3 aliphatic heterocycles. The fourth-order valence-electron chi connectivity index (χ4n) is 5.09. The van der Waals surface area contributed by atoms with Gasteiger partial charge in [-0.2, -0.15) is 0 Å². The fraction of sp³-hybridized carbons (Fsp3) is 0.625. The molecule has 10 nitrogen and oxygen atoms in total. The summed E-state index contributed by atoms with van der Waals surface area (Å²) in [4.78, 5) is 12.3. The number of benzene rings is 1. The summed E-state index contributed by atoms with van der Waals surface area (Å²) in [5.74, 6) is -7.10. The van der Waals surface area contributed by atoms with Gasteiger partial charge in [0.2, 0.25) is 0 Å². The van der Waals surface area contributed by atoms with Crippen LogP contribution in [-0.4, -0.2) is 77.3 Å². The van der Waals surface area contributed by atoms with Crippen LogP contribution in [-0.2, 0) is 33.2 Å². The molecule has 1 aromatic carbocycles. The van der Waals surface area contributed by atoms with Gasteiger partial charge in [0.15, 0.2) is 35.1 Å². The predicted octanol–water partition coefficient (Wildman–Crippen LogP) is 2.91. The molecule has 0 unspecified atom stereocenters. The molecule has 5 rings (SSSR count). The second-order valence-electron chi connectivity index (χ2n) is 9.76. The highest BCUT2D eigenvalue weighted by Crippen LogP contribution is 2.48. The van der Waals surface area contributed by atoms with E-state index in [-0.39, 0.29) is 17.9 Å². The van der Waals surface area contributed by atoms with E-state index in [4.69, 9.17) is 28.4 Å². The SMILES string of the molecule is COC(=O)[C@@H](C)O[C@@H]1[C@@H](n2cc(-c3cc(F)c(F)c(F)c3)nn2)[C@H]2OC(C)(C)OC[C@H]2O[C@@]12CCCO2. The third kappa shape index (κ3) is 4.74. The summed E-state index contributed by atoms with van der Waals surface area (Å²) in [6.45, 7) is 5.64. The molecule has 0 bridgehead atoms. The third-order valence-electron chi connectivity index (χ3n) is 6.81. The average molecular weight is 527 g/mol. The number of fused-ring (bicyclic) bond motifs is 1. The zero-order chi connectivity index (χ0) is 26.5. The van der Waals surface area contributed by atoms with E-state index in [1.54, 1.807) is 20.8 Å². The van der Waals surface area contributed by atoms with Crippen molar-refractivity contribution in [3.63, 3.8) is 0 Å². The highest BCUT2D eigenvalue weighted by molar-refractivity contribution is 5.74. The lowest BCUT2D eigenvalue weighted by molar-refractivity contribution is -0.405. The van der Waals surface area contributed by atoms with E-state index in [0.717, 1.165) is 12.1 Å². The van der Waals surface area contributed by atoms with Crippen molar-refractivity contribution < 1.29 is 46.4 Å². The average Bonchev–Trinajstić information content (AvgIpc) is 3.53. The van der Waals surface area contributed by atoms with E-state index < -0.39 is 65.5 Å². The molecule has 3 saturated heterocycles. The summed E-state index contributed by atoms with van der Waals surface area (Å²) in [5.41, 5.74) is 0.0834. The van der Waals surface area contributed by atoms with Gasteiger partial charge in [0.25, 0.3) is 0 Å². The molecule has 3 aliphatic rings. The zero-order valence-corrected chi connectivity index (χ0v) is 20.8. The number of carbonyl (C=O) groups is 1. The largest absolute Gasteiger partial charge is 0.467 e. The van der Waals surface area contributed by atoms with Gasteiger partial charge < -0.3 is 28.4 Å². The standard InChI is InChI=1S/C24H28F3N3O7/c1-12(22(31)32-4)35-21-19(30-10-16(28-29-30)13-8-14(25)18(27)15(26)9-13)20-17(11-34-23(2,3)37-20)36-24(21)6-5-7-33-24/h8-10,12,17,19-21H,5-7,11H2,1-4H3/t12-,17-,19+,20+,21-,24+/m1/s1. The first-order chi connectivity index (χ1) is 17.5. The summed E-state index contributed by atoms with van der Waals surface area (Å²) in [7, 11) is 1.25. The normalized spacial score (nSPS) is 31.8. The maximum Gasteiger partial charge on any atom is 0.334 e. The van der Waals surface area contributed by atoms with E-state index in [1.165, 1.54) is 18.0 Å². The van der Waals surface area contributed by atoms with E-state index >= 15 is 0 Å². The highest BCUT2D eigenvalue weighted by atomic mass is 19.2. The molecule has 0 amide bonds. The first kappa shape index (κ1) is 26.0. The van der Waals surface area contributed by atoms with Crippen LogP contribution < -0.4 is 0 Å². The minimum atomic E-state index is -1.58. The molecule has 3 fully saturated rings. The Kier molecular flexibility index (Phi) is 6.77. The first-order valence-electron chi connectivity index (χ1n) is 12.0. The number of esters is 1. The Hall–Kier alpha value is -2.58. The molecular formula is C24H28F3N3O7.